The monoisotopic (exact) mass is 154 g/mol. The van der Waals surface area contributed by atoms with Crippen LogP contribution in [0.25, 0.3) is 0 Å². The largest absolute Gasteiger partial charge is 0.370 e. The van der Waals surface area contributed by atoms with Crippen molar-refractivity contribution < 1.29 is 4.79 Å². The second-order valence-corrected chi connectivity index (χ2v) is 2.26. The number of hydrogen-bond acceptors (Lipinski definition) is 3. The minimum atomic E-state index is -0.321. The van der Waals surface area contributed by atoms with Gasteiger partial charge >= 0.3 is 0 Å². The smallest absolute Gasteiger partial charge is 0.217 e. The number of hydrogen-bond donors (Lipinski definition) is 3. The molecule has 1 amide bonds. The third-order valence-electron chi connectivity index (χ3n) is 1.29. The summed E-state index contributed by atoms with van der Waals surface area (Å²) in [7, 11) is 0. The summed E-state index contributed by atoms with van der Waals surface area (Å²) in [5.74, 6) is 0.0441. The highest BCUT2D eigenvalue weighted by Crippen LogP contribution is 2.00. The van der Waals surface area contributed by atoms with Gasteiger partial charge in [0.25, 0.3) is 0 Å². The van der Waals surface area contributed by atoms with E-state index in [-0.39, 0.29) is 5.91 Å². The van der Waals surface area contributed by atoms with E-state index in [2.05, 4.69) is 9.97 Å². The molecule has 1 aromatic rings. The number of amides is 1. The van der Waals surface area contributed by atoms with Crippen molar-refractivity contribution in [1.82, 2.24) is 9.97 Å². The van der Waals surface area contributed by atoms with E-state index >= 15 is 0 Å². The Morgan fingerprint density at radius 1 is 1.73 bits per heavy atom. The van der Waals surface area contributed by atoms with Gasteiger partial charge < -0.3 is 16.5 Å². The van der Waals surface area contributed by atoms with Crippen molar-refractivity contribution in [2.24, 2.45) is 5.73 Å². The highest BCUT2D eigenvalue weighted by molar-refractivity contribution is 5.73. The number of aromatic nitrogens is 2. The highest BCUT2D eigenvalue weighted by Gasteiger charge is 1.99. The number of carbonyl (C=O) groups is 1. The Bertz CT molecular complexity index is 255. The maximum Gasteiger partial charge on any atom is 0.217 e. The summed E-state index contributed by atoms with van der Waals surface area (Å²) in [5.41, 5.74) is 11.1. The van der Waals surface area contributed by atoms with Crippen molar-refractivity contribution in [3.8, 4) is 0 Å². The number of rotatable bonds is 3. The van der Waals surface area contributed by atoms with Gasteiger partial charge in [0, 0.05) is 12.1 Å². The van der Waals surface area contributed by atoms with Gasteiger partial charge in [-0.25, -0.2) is 4.98 Å². The maximum absolute atomic E-state index is 10.3. The molecule has 0 bridgehead atoms. The summed E-state index contributed by atoms with van der Waals surface area (Å²) in [5, 5.41) is 0. The first-order valence-corrected chi connectivity index (χ1v) is 3.26. The fourth-order valence-corrected chi connectivity index (χ4v) is 0.761. The zero-order chi connectivity index (χ0) is 8.27. The van der Waals surface area contributed by atoms with E-state index in [1.807, 2.05) is 0 Å². The molecule has 5 N–H and O–H groups in total. The maximum atomic E-state index is 10.3. The van der Waals surface area contributed by atoms with E-state index in [9.17, 15) is 4.79 Å². The lowest BCUT2D eigenvalue weighted by molar-refractivity contribution is -0.118. The number of nitrogens with zero attached hydrogens (tertiary/aromatic N) is 1. The van der Waals surface area contributed by atoms with Crippen molar-refractivity contribution in [3.63, 3.8) is 0 Å². The fourth-order valence-electron chi connectivity index (χ4n) is 0.761. The molecule has 0 saturated heterocycles. The van der Waals surface area contributed by atoms with Crippen LogP contribution in [0.5, 0.6) is 0 Å². The van der Waals surface area contributed by atoms with E-state index in [0.717, 1.165) is 5.69 Å². The summed E-state index contributed by atoms with van der Waals surface area (Å²) in [4.78, 5) is 16.9. The minimum absolute atomic E-state index is 0.321. The van der Waals surface area contributed by atoms with Crippen LogP contribution in [-0.4, -0.2) is 15.9 Å². The number of aromatic amines is 1. The molecule has 0 aliphatic carbocycles. The zero-order valence-corrected chi connectivity index (χ0v) is 6.00. The molecular formula is C6H10N4O. The Balaban J connectivity index is 2.45. The van der Waals surface area contributed by atoms with Crippen LogP contribution in [0.2, 0.25) is 0 Å². The molecule has 0 aliphatic rings. The standard InChI is InChI=1S/C6H10N4O/c7-5(11)2-1-4-3-9-6(8)10-4/h3H,1-2H2,(H2,7,11)(H3,8,9,10). The molecule has 1 aromatic heterocycles. The van der Waals surface area contributed by atoms with Crippen molar-refractivity contribution in [1.29, 1.82) is 0 Å². The Hall–Kier alpha value is -1.52. The van der Waals surface area contributed by atoms with Crippen LogP contribution in [-0.2, 0) is 11.2 Å². The summed E-state index contributed by atoms with van der Waals surface area (Å²) < 4.78 is 0. The van der Waals surface area contributed by atoms with Gasteiger partial charge in [-0.1, -0.05) is 0 Å². The van der Waals surface area contributed by atoms with E-state index in [1.165, 1.54) is 0 Å². The lowest BCUT2D eigenvalue weighted by atomic mass is 10.2. The average Bonchev–Trinajstić information content (AvgIpc) is 2.31. The number of nitrogen functional groups attached to an aromatic ring is 1. The van der Waals surface area contributed by atoms with E-state index in [0.29, 0.717) is 18.8 Å². The van der Waals surface area contributed by atoms with Crippen LogP contribution in [0.3, 0.4) is 0 Å². The van der Waals surface area contributed by atoms with Crippen LogP contribution < -0.4 is 11.5 Å². The van der Waals surface area contributed by atoms with Crippen LogP contribution in [0.1, 0.15) is 12.1 Å². The third-order valence-corrected chi connectivity index (χ3v) is 1.29. The number of primary amides is 1. The Labute approximate surface area is 63.8 Å². The van der Waals surface area contributed by atoms with Crippen molar-refractivity contribution in [2.45, 2.75) is 12.8 Å². The van der Waals surface area contributed by atoms with Crippen molar-refractivity contribution in [3.05, 3.63) is 11.9 Å². The molecule has 0 radical (unpaired) electrons. The van der Waals surface area contributed by atoms with Gasteiger partial charge in [-0.3, -0.25) is 4.79 Å². The number of nitrogens with one attached hydrogen (secondary N) is 1. The quantitative estimate of drug-likeness (QED) is 0.542. The van der Waals surface area contributed by atoms with Gasteiger partial charge in [0.15, 0.2) is 5.95 Å². The highest BCUT2D eigenvalue weighted by atomic mass is 16.1. The molecule has 11 heavy (non-hydrogen) atoms. The molecular weight excluding hydrogens is 144 g/mol. The zero-order valence-electron chi connectivity index (χ0n) is 6.00. The minimum Gasteiger partial charge on any atom is -0.370 e. The van der Waals surface area contributed by atoms with Crippen LogP contribution in [0, 0.1) is 0 Å². The number of carbonyl (C=O) groups excluding carboxylic acids is 1. The second-order valence-electron chi connectivity index (χ2n) is 2.26. The molecule has 1 rings (SSSR count). The van der Waals surface area contributed by atoms with Gasteiger partial charge in [0.05, 0.1) is 6.20 Å². The second kappa shape index (κ2) is 3.05. The molecule has 0 spiro atoms. The molecule has 0 atom stereocenters. The predicted octanol–water partition coefficient (Wildman–Crippen LogP) is -0.590. The van der Waals surface area contributed by atoms with Crippen LogP contribution in [0.4, 0.5) is 5.95 Å². The molecule has 0 aromatic carbocycles. The third kappa shape index (κ3) is 2.29. The van der Waals surface area contributed by atoms with E-state index in [1.54, 1.807) is 6.20 Å². The summed E-state index contributed by atoms with van der Waals surface area (Å²) in [6.07, 6.45) is 2.49. The van der Waals surface area contributed by atoms with Crippen molar-refractivity contribution in [2.75, 3.05) is 5.73 Å². The first-order chi connectivity index (χ1) is 5.18. The van der Waals surface area contributed by atoms with E-state index in [4.69, 9.17) is 11.5 Å². The average molecular weight is 154 g/mol. The van der Waals surface area contributed by atoms with E-state index < -0.39 is 0 Å². The van der Waals surface area contributed by atoms with Gasteiger partial charge in [0.1, 0.15) is 0 Å². The first-order valence-electron chi connectivity index (χ1n) is 3.26. The number of nitrogens with two attached hydrogens (primary N) is 2. The Morgan fingerprint density at radius 2 is 2.45 bits per heavy atom. The number of imidazole rings is 1. The molecule has 0 saturated carbocycles. The number of H-pyrrole nitrogens is 1. The van der Waals surface area contributed by atoms with Crippen LogP contribution in [0.15, 0.2) is 6.20 Å². The molecule has 0 fully saturated rings. The Kier molecular flexibility index (Phi) is 2.10. The summed E-state index contributed by atoms with van der Waals surface area (Å²) in [6, 6.07) is 0. The van der Waals surface area contributed by atoms with Crippen LogP contribution >= 0.6 is 0 Å². The molecule has 60 valence electrons. The molecule has 0 aliphatic heterocycles. The van der Waals surface area contributed by atoms with Gasteiger partial charge in [-0.2, -0.15) is 0 Å². The fraction of sp³-hybridized carbons (Fsp3) is 0.333. The SMILES string of the molecule is NC(=O)CCc1cnc(N)[nH]1. The normalized spacial score (nSPS) is 9.82. The number of anilines is 1. The lowest BCUT2D eigenvalue weighted by Gasteiger charge is -1.91. The predicted molar refractivity (Wildman–Crippen MR) is 40.5 cm³/mol. The number of aryl methyl sites for hydroxylation is 1. The Morgan fingerprint density at radius 3 is 2.91 bits per heavy atom. The summed E-state index contributed by atoms with van der Waals surface area (Å²) in [6.45, 7) is 0. The lowest BCUT2D eigenvalue weighted by Crippen LogP contribution is -2.11. The summed E-state index contributed by atoms with van der Waals surface area (Å²) >= 11 is 0. The molecule has 1 heterocycles. The molecule has 0 unspecified atom stereocenters. The van der Waals surface area contributed by atoms with Gasteiger partial charge in [-0.05, 0) is 6.42 Å². The molecule has 5 nitrogen and oxygen atoms in total. The molecule has 5 heteroatoms. The first kappa shape index (κ1) is 7.59. The van der Waals surface area contributed by atoms with Crippen molar-refractivity contribution >= 4 is 11.9 Å². The topological polar surface area (TPSA) is 97.8 Å². The van der Waals surface area contributed by atoms with Gasteiger partial charge in [-0.15, -0.1) is 0 Å². The van der Waals surface area contributed by atoms with Gasteiger partial charge in [0.2, 0.25) is 5.91 Å².